The van der Waals surface area contributed by atoms with E-state index in [0.29, 0.717) is 13.0 Å². The van der Waals surface area contributed by atoms with Crippen LogP contribution in [0.2, 0.25) is 0 Å². The lowest BCUT2D eigenvalue weighted by molar-refractivity contribution is -0.151. The van der Waals surface area contributed by atoms with Crippen molar-refractivity contribution in [2.24, 2.45) is 0 Å². The molecule has 1 amide bonds. The van der Waals surface area contributed by atoms with Crippen LogP contribution in [0.3, 0.4) is 0 Å². The molecular weight excluding hydrogens is 228 g/mol. The minimum atomic E-state index is -1.22. The van der Waals surface area contributed by atoms with Gasteiger partial charge in [-0.05, 0) is 26.3 Å². The number of nitrogens with one attached hydrogen (secondary N) is 1. The summed E-state index contributed by atoms with van der Waals surface area (Å²) in [5.41, 5.74) is -0.842. The van der Waals surface area contributed by atoms with Gasteiger partial charge in [0.1, 0.15) is 13.1 Å². The van der Waals surface area contributed by atoms with Crippen molar-refractivity contribution >= 4 is 17.8 Å². The highest BCUT2D eigenvalue weighted by Crippen LogP contribution is 2.21. The standard InChI is InChI=1S/C10H16N2O5/c1-10(3-2-4-11-10)9(17)12(5-7(13)14)6-8(15)16/h11H,2-6H2,1H3,(H,13,14)(H,15,16). The van der Waals surface area contributed by atoms with E-state index in [1.54, 1.807) is 6.92 Å². The Bertz CT molecular complexity index is 320. The summed E-state index contributed by atoms with van der Waals surface area (Å²) in [6, 6.07) is 0. The van der Waals surface area contributed by atoms with Crippen LogP contribution in [0.25, 0.3) is 0 Å². The van der Waals surface area contributed by atoms with E-state index in [9.17, 15) is 14.4 Å². The predicted octanol–water partition coefficient (Wildman–Crippen LogP) is -0.874. The maximum absolute atomic E-state index is 12.1. The summed E-state index contributed by atoms with van der Waals surface area (Å²) < 4.78 is 0. The molecule has 17 heavy (non-hydrogen) atoms. The lowest BCUT2D eigenvalue weighted by atomic mass is 9.98. The molecule has 7 nitrogen and oxygen atoms in total. The molecule has 0 aromatic heterocycles. The fourth-order valence-electron chi connectivity index (χ4n) is 1.95. The van der Waals surface area contributed by atoms with Gasteiger partial charge in [0.25, 0.3) is 0 Å². The Morgan fingerprint density at radius 2 is 1.76 bits per heavy atom. The van der Waals surface area contributed by atoms with Crippen LogP contribution in [0.15, 0.2) is 0 Å². The molecule has 0 aromatic carbocycles. The monoisotopic (exact) mass is 244 g/mol. The zero-order chi connectivity index (χ0) is 13.1. The zero-order valence-corrected chi connectivity index (χ0v) is 9.60. The van der Waals surface area contributed by atoms with E-state index in [4.69, 9.17) is 10.2 Å². The van der Waals surface area contributed by atoms with Crippen molar-refractivity contribution in [2.75, 3.05) is 19.6 Å². The first-order chi connectivity index (χ1) is 7.85. The van der Waals surface area contributed by atoms with Crippen molar-refractivity contribution in [2.45, 2.75) is 25.3 Å². The average Bonchev–Trinajstić information content (AvgIpc) is 2.63. The van der Waals surface area contributed by atoms with Gasteiger partial charge >= 0.3 is 11.9 Å². The highest BCUT2D eigenvalue weighted by atomic mass is 16.4. The number of hydrogen-bond donors (Lipinski definition) is 3. The topological polar surface area (TPSA) is 107 Å². The van der Waals surface area contributed by atoms with E-state index in [1.165, 1.54) is 0 Å². The summed E-state index contributed by atoms with van der Waals surface area (Å²) in [5, 5.41) is 20.3. The van der Waals surface area contributed by atoms with Gasteiger partial charge in [0.05, 0.1) is 5.54 Å². The number of carbonyl (C=O) groups is 3. The maximum Gasteiger partial charge on any atom is 0.323 e. The second kappa shape index (κ2) is 5.13. The Morgan fingerprint density at radius 1 is 1.24 bits per heavy atom. The molecule has 1 aliphatic heterocycles. The summed E-state index contributed by atoms with van der Waals surface area (Å²) in [6.45, 7) is 1.15. The van der Waals surface area contributed by atoms with Crippen LogP contribution in [0.1, 0.15) is 19.8 Å². The summed E-state index contributed by atoms with van der Waals surface area (Å²) in [5.74, 6) is -2.91. The van der Waals surface area contributed by atoms with Gasteiger partial charge in [-0.1, -0.05) is 0 Å². The molecule has 0 saturated carbocycles. The van der Waals surface area contributed by atoms with E-state index < -0.39 is 36.5 Å². The van der Waals surface area contributed by atoms with E-state index >= 15 is 0 Å². The Labute approximate surface area is 98.4 Å². The maximum atomic E-state index is 12.1. The van der Waals surface area contributed by atoms with E-state index in [0.717, 1.165) is 11.3 Å². The first-order valence-electron chi connectivity index (χ1n) is 5.33. The van der Waals surface area contributed by atoms with Crippen LogP contribution in [0, 0.1) is 0 Å². The fraction of sp³-hybridized carbons (Fsp3) is 0.700. The largest absolute Gasteiger partial charge is 0.480 e. The van der Waals surface area contributed by atoms with Crippen LogP contribution in [-0.2, 0) is 14.4 Å². The SMILES string of the molecule is CC1(C(=O)N(CC(=O)O)CC(=O)O)CCCN1. The normalized spacial score (nSPS) is 23.4. The Kier molecular flexibility index (Phi) is 4.06. The first-order valence-corrected chi connectivity index (χ1v) is 5.33. The number of hydrogen-bond acceptors (Lipinski definition) is 4. The lowest BCUT2D eigenvalue weighted by Crippen LogP contribution is -2.55. The molecule has 7 heteroatoms. The third-order valence-electron chi connectivity index (χ3n) is 2.78. The van der Waals surface area contributed by atoms with Crippen LogP contribution >= 0.6 is 0 Å². The Balaban J connectivity index is 2.77. The number of carbonyl (C=O) groups excluding carboxylic acids is 1. The van der Waals surface area contributed by atoms with Crippen molar-refractivity contribution < 1.29 is 24.6 Å². The highest BCUT2D eigenvalue weighted by Gasteiger charge is 2.39. The smallest absolute Gasteiger partial charge is 0.323 e. The number of nitrogens with zero attached hydrogens (tertiary/aromatic N) is 1. The Morgan fingerprint density at radius 3 is 2.12 bits per heavy atom. The van der Waals surface area contributed by atoms with Crippen LogP contribution < -0.4 is 5.32 Å². The van der Waals surface area contributed by atoms with Gasteiger partial charge in [-0.25, -0.2) is 0 Å². The van der Waals surface area contributed by atoms with E-state index in [2.05, 4.69) is 5.32 Å². The van der Waals surface area contributed by atoms with E-state index in [1.807, 2.05) is 0 Å². The number of carboxylic acid groups (broad SMARTS) is 2. The molecule has 1 rings (SSSR count). The van der Waals surface area contributed by atoms with Gasteiger partial charge in [0.2, 0.25) is 5.91 Å². The van der Waals surface area contributed by atoms with Crippen molar-refractivity contribution in [1.29, 1.82) is 0 Å². The van der Waals surface area contributed by atoms with Crippen molar-refractivity contribution in [1.82, 2.24) is 10.2 Å². The van der Waals surface area contributed by atoms with Crippen LogP contribution in [0.5, 0.6) is 0 Å². The number of carboxylic acids is 2. The van der Waals surface area contributed by atoms with Crippen molar-refractivity contribution in [3.8, 4) is 0 Å². The van der Waals surface area contributed by atoms with Crippen molar-refractivity contribution in [3.63, 3.8) is 0 Å². The second-order valence-corrected chi connectivity index (χ2v) is 4.31. The van der Waals surface area contributed by atoms with Gasteiger partial charge in [-0.15, -0.1) is 0 Å². The van der Waals surface area contributed by atoms with Gasteiger partial charge in [0.15, 0.2) is 0 Å². The molecule has 0 bridgehead atoms. The summed E-state index contributed by atoms with van der Waals surface area (Å²) in [6.07, 6.45) is 1.40. The zero-order valence-electron chi connectivity index (χ0n) is 9.60. The highest BCUT2D eigenvalue weighted by molar-refractivity contribution is 5.91. The third kappa shape index (κ3) is 3.42. The first kappa shape index (κ1) is 13.4. The molecule has 1 saturated heterocycles. The molecular formula is C10H16N2O5. The molecule has 0 aromatic rings. The minimum absolute atomic E-state index is 0.472. The van der Waals surface area contributed by atoms with Crippen LogP contribution in [-0.4, -0.2) is 58.1 Å². The number of aliphatic carboxylic acids is 2. The number of rotatable bonds is 5. The second-order valence-electron chi connectivity index (χ2n) is 4.31. The molecule has 0 aliphatic carbocycles. The molecule has 1 unspecified atom stereocenters. The molecule has 1 heterocycles. The molecule has 0 spiro atoms. The summed E-state index contributed by atoms with van der Waals surface area (Å²) in [4.78, 5) is 34.1. The quantitative estimate of drug-likeness (QED) is 0.580. The van der Waals surface area contributed by atoms with Crippen molar-refractivity contribution in [3.05, 3.63) is 0 Å². The minimum Gasteiger partial charge on any atom is -0.480 e. The Hall–Kier alpha value is -1.63. The van der Waals surface area contributed by atoms with Gasteiger partial charge in [-0.2, -0.15) is 0 Å². The predicted molar refractivity (Wildman–Crippen MR) is 57.5 cm³/mol. The van der Waals surface area contributed by atoms with Gasteiger partial charge < -0.3 is 20.4 Å². The summed E-state index contributed by atoms with van der Waals surface area (Å²) in [7, 11) is 0. The average molecular weight is 244 g/mol. The van der Waals surface area contributed by atoms with E-state index in [-0.39, 0.29) is 0 Å². The molecule has 3 N–H and O–H groups in total. The molecule has 1 fully saturated rings. The van der Waals surface area contributed by atoms with Gasteiger partial charge in [0, 0.05) is 0 Å². The van der Waals surface area contributed by atoms with Gasteiger partial charge in [-0.3, -0.25) is 14.4 Å². The molecule has 1 atom stereocenters. The third-order valence-corrected chi connectivity index (χ3v) is 2.78. The lowest BCUT2D eigenvalue weighted by Gasteiger charge is -2.29. The molecule has 96 valence electrons. The molecule has 0 radical (unpaired) electrons. The summed E-state index contributed by atoms with van der Waals surface area (Å²) >= 11 is 0. The fourth-order valence-corrected chi connectivity index (χ4v) is 1.95. The van der Waals surface area contributed by atoms with Crippen LogP contribution in [0.4, 0.5) is 0 Å². The molecule has 1 aliphatic rings. The number of amides is 1.